The first kappa shape index (κ1) is 20.9. The Bertz CT molecular complexity index is 934. The van der Waals surface area contributed by atoms with Gasteiger partial charge >= 0.3 is 0 Å². The van der Waals surface area contributed by atoms with Gasteiger partial charge in [-0.05, 0) is 48.2 Å². The second-order valence-corrected chi connectivity index (χ2v) is 9.67. The normalized spacial score (nSPS) is 17.6. The first-order chi connectivity index (χ1) is 14.5. The number of hydrogen-bond acceptors (Lipinski definition) is 6. The molecule has 1 fully saturated rings. The Balaban J connectivity index is 1.44. The lowest BCUT2D eigenvalue weighted by Crippen LogP contribution is -2.48. The van der Waals surface area contributed by atoms with E-state index in [1.165, 1.54) is 10.4 Å². The Kier molecular flexibility index (Phi) is 6.41. The van der Waals surface area contributed by atoms with Crippen LogP contribution in [0, 0.1) is 0 Å². The molecule has 6 nitrogen and oxygen atoms in total. The first-order valence-corrected chi connectivity index (χ1v) is 11.4. The number of benzene rings is 1. The molecule has 0 amide bonds. The predicted octanol–water partition coefficient (Wildman–Crippen LogP) is 3.91. The molecule has 3 aromatic rings. The van der Waals surface area contributed by atoms with Crippen LogP contribution in [0.25, 0.3) is 6.08 Å². The molecular weight excluding hydrogens is 392 g/mol. The summed E-state index contributed by atoms with van der Waals surface area (Å²) in [4.78, 5) is 6.33. The van der Waals surface area contributed by atoms with Crippen molar-refractivity contribution < 1.29 is 0 Å². The Morgan fingerprint density at radius 3 is 2.47 bits per heavy atom. The number of hydrogen-bond donors (Lipinski definition) is 0. The Labute approximate surface area is 182 Å². The van der Waals surface area contributed by atoms with Crippen LogP contribution in [0.1, 0.15) is 43.1 Å². The van der Waals surface area contributed by atoms with E-state index in [4.69, 9.17) is 0 Å². The average Bonchev–Trinajstić information content (AvgIpc) is 3.43. The van der Waals surface area contributed by atoms with Gasteiger partial charge in [0.25, 0.3) is 0 Å². The molecule has 0 bridgehead atoms. The zero-order valence-electron chi connectivity index (χ0n) is 18.0. The van der Waals surface area contributed by atoms with E-state index in [-0.39, 0.29) is 11.6 Å². The van der Waals surface area contributed by atoms with Gasteiger partial charge in [0.15, 0.2) is 5.82 Å². The lowest BCUT2D eigenvalue weighted by Gasteiger charge is -2.38. The molecule has 0 radical (unpaired) electrons. The standard InChI is InChI=1S/C23H30N6S/c1-23(2,3)29-22(24-25-26-29)21(20-12-8-18-30-20)28-16-14-27(15-17-28)13-7-11-19-9-5-4-6-10-19/h4-12,18,21H,13-17H2,1-3H3/b11-7+. The van der Waals surface area contributed by atoms with Gasteiger partial charge in [-0.3, -0.25) is 9.80 Å². The maximum Gasteiger partial charge on any atom is 0.174 e. The summed E-state index contributed by atoms with van der Waals surface area (Å²) in [5.41, 5.74) is 1.10. The summed E-state index contributed by atoms with van der Waals surface area (Å²) >= 11 is 1.78. The highest BCUT2D eigenvalue weighted by Gasteiger charge is 2.33. The number of rotatable bonds is 6. The van der Waals surface area contributed by atoms with Crippen LogP contribution >= 0.6 is 11.3 Å². The van der Waals surface area contributed by atoms with E-state index in [0.29, 0.717) is 0 Å². The van der Waals surface area contributed by atoms with Gasteiger partial charge in [-0.1, -0.05) is 48.6 Å². The van der Waals surface area contributed by atoms with Gasteiger partial charge in [0.2, 0.25) is 0 Å². The van der Waals surface area contributed by atoms with E-state index < -0.39 is 0 Å². The number of thiophene rings is 1. The molecule has 1 aliphatic rings. The summed E-state index contributed by atoms with van der Waals surface area (Å²) in [6.45, 7) is 11.5. The molecule has 0 saturated carbocycles. The predicted molar refractivity (Wildman–Crippen MR) is 122 cm³/mol. The second-order valence-electron chi connectivity index (χ2n) is 8.69. The van der Waals surface area contributed by atoms with E-state index in [1.54, 1.807) is 11.3 Å². The Hall–Kier alpha value is -2.35. The number of piperazine rings is 1. The molecule has 1 unspecified atom stereocenters. The molecule has 30 heavy (non-hydrogen) atoms. The van der Waals surface area contributed by atoms with Crippen LogP contribution in [0.5, 0.6) is 0 Å². The van der Waals surface area contributed by atoms with Crippen molar-refractivity contribution in [3.63, 3.8) is 0 Å². The minimum absolute atomic E-state index is 0.0984. The lowest BCUT2D eigenvalue weighted by atomic mass is 10.1. The van der Waals surface area contributed by atoms with Gasteiger partial charge in [-0.2, -0.15) is 0 Å². The van der Waals surface area contributed by atoms with E-state index in [9.17, 15) is 0 Å². The summed E-state index contributed by atoms with van der Waals surface area (Å²) in [6, 6.07) is 14.9. The summed E-state index contributed by atoms with van der Waals surface area (Å²) in [5.74, 6) is 0.933. The van der Waals surface area contributed by atoms with Crippen molar-refractivity contribution in [2.45, 2.75) is 32.4 Å². The van der Waals surface area contributed by atoms with Crippen molar-refractivity contribution in [3.8, 4) is 0 Å². The number of nitrogens with zero attached hydrogens (tertiary/aromatic N) is 6. The van der Waals surface area contributed by atoms with Gasteiger partial charge in [0.1, 0.15) is 6.04 Å². The minimum atomic E-state index is -0.154. The highest BCUT2D eigenvalue weighted by molar-refractivity contribution is 7.10. The molecule has 3 heterocycles. The zero-order valence-corrected chi connectivity index (χ0v) is 18.8. The largest absolute Gasteiger partial charge is 0.297 e. The lowest BCUT2D eigenvalue weighted by molar-refractivity contribution is 0.111. The van der Waals surface area contributed by atoms with Crippen molar-refractivity contribution >= 4 is 17.4 Å². The maximum atomic E-state index is 4.46. The fourth-order valence-electron chi connectivity index (χ4n) is 3.87. The molecule has 0 aliphatic carbocycles. The van der Waals surface area contributed by atoms with Gasteiger partial charge in [0.05, 0.1) is 5.54 Å². The van der Waals surface area contributed by atoms with Crippen molar-refractivity contribution in [1.82, 2.24) is 30.0 Å². The average molecular weight is 423 g/mol. The summed E-state index contributed by atoms with van der Waals surface area (Å²) in [6.07, 6.45) is 4.47. The van der Waals surface area contributed by atoms with Crippen LogP contribution < -0.4 is 0 Å². The molecule has 1 atom stereocenters. The second kappa shape index (κ2) is 9.20. The zero-order chi connectivity index (χ0) is 21.0. The Morgan fingerprint density at radius 1 is 1.03 bits per heavy atom. The third kappa shape index (κ3) is 4.86. The smallest absolute Gasteiger partial charge is 0.174 e. The topological polar surface area (TPSA) is 50.1 Å². The molecule has 1 saturated heterocycles. The fourth-order valence-corrected chi connectivity index (χ4v) is 4.72. The van der Waals surface area contributed by atoms with Gasteiger partial charge in [-0.15, -0.1) is 16.4 Å². The van der Waals surface area contributed by atoms with Crippen LogP contribution in [0.15, 0.2) is 53.9 Å². The van der Waals surface area contributed by atoms with E-state index >= 15 is 0 Å². The van der Waals surface area contributed by atoms with Crippen LogP contribution in [0.4, 0.5) is 0 Å². The molecule has 2 aromatic heterocycles. The summed E-state index contributed by atoms with van der Waals surface area (Å²) in [5, 5.41) is 14.9. The Morgan fingerprint density at radius 2 is 1.80 bits per heavy atom. The minimum Gasteiger partial charge on any atom is -0.297 e. The van der Waals surface area contributed by atoms with Crippen molar-refractivity contribution in [2.75, 3.05) is 32.7 Å². The van der Waals surface area contributed by atoms with Crippen LogP contribution in [-0.2, 0) is 5.54 Å². The fraction of sp³-hybridized carbons (Fsp3) is 0.435. The monoisotopic (exact) mass is 422 g/mol. The quantitative estimate of drug-likeness (QED) is 0.603. The van der Waals surface area contributed by atoms with Crippen LogP contribution in [-0.4, -0.2) is 62.7 Å². The van der Waals surface area contributed by atoms with Gasteiger partial charge < -0.3 is 0 Å². The summed E-state index contributed by atoms with van der Waals surface area (Å²) < 4.78 is 1.98. The number of tetrazole rings is 1. The van der Waals surface area contributed by atoms with Crippen LogP contribution in [0.2, 0.25) is 0 Å². The van der Waals surface area contributed by atoms with E-state index in [1.807, 2.05) is 4.68 Å². The number of aromatic nitrogens is 4. The molecule has 0 N–H and O–H groups in total. The first-order valence-electron chi connectivity index (χ1n) is 10.5. The van der Waals surface area contributed by atoms with Crippen molar-refractivity contribution in [1.29, 1.82) is 0 Å². The van der Waals surface area contributed by atoms with Crippen LogP contribution in [0.3, 0.4) is 0 Å². The molecule has 0 spiro atoms. The SMILES string of the molecule is CC(C)(C)n1nnnc1C(c1cccs1)N1CCN(C/C=C/c2ccccc2)CC1. The van der Waals surface area contributed by atoms with Crippen molar-refractivity contribution in [2.24, 2.45) is 0 Å². The highest BCUT2D eigenvalue weighted by atomic mass is 32.1. The molecule has 7 heteroatoms. The summed E-state index contributed by atoms with van der Waals surface area (Å²) in [7, 11) is 0. The molecule has 158 valence electrons. The highest BCUT2D eigenvalue weighted by Crippen LogP contribution is 2.32. The molecule has 1 aromatic carbocycles. The van der Waals surface area contributed by atoms with Crippen molar-refractivity contribution in [3.05, 3.63) is 70.2 Å². The maximum absolute atomic E-state index is 4.46. The van der Waals surface area contributed by atoms with E-state index in [0.717, 1.165) is 38.5 Å². The van der Waals surface area contributed by atoms with E-state index in [2.05, 4.69) is 106 Å². The van der Waals surface area contributed by atoms with Gasteiger partial charge in [0, 0.05) is 37.6 Å². The third-order valence-electron chi connectivity index (χ3n) is 5.43. The molecule has 1 aliphatic heterocycles. The molecule has 4 rings (SSSR count). The molecular formula is C23H30N6S. The third-order valence-corrected chi connectivity index (χ3v) is 6.36. The van der Waals surface area contributed by atoms with Gasteiger partial charge in [-0.25, -0.2) is 4.68 Å².